The molecule has 2 aliphatic carbocycles. The predicted molar refractivity (Wildman–Crippen MR) is 129 cm³/mol. The summed E-state index contributed by atoms with van der Waals surface area (Å²) >= 11 is 18.8. The fourth-order valence-electron chi connectivity index (χ4n) is 5.64. The van der Waals surface area contributed by atoms with E-state index < -0.39 is 23.4 Å². The second-order valence-corrected chi connectivity index (χ2v) is 10.3. The first kappa shape index (κ1) is 23.5. The summed E-state index contributed by atoms with van der Waals surface area (Å²) in [7, 11) is 0. The molecule has 3 aromatic rings. The van der Waals surface area contributed by atoms with Crippen LogP contribution in [0.5, 0.6) is 0 Å². The number of halogens is 5. The number of carbonyl (C=O) groups excluding carboxylic acids is 1. The third-order valence-corrected chi connectivity index (χ3v) is 7.77. The van der Waals surface area contributed by atoms with Crippen molar-refractivity contribution in [2.24, 2.45) is 0 Å². The fourth-order valence-corrected chi connectivity index (χ4v) is 6.63. The summed E-state index contributed by atoms with van der Waals surface area (Å²) in [4.78, 5) is 25.3. The van der Waals surface area contributed by atoms with E-state index in [0.29, 0.717) is 22.4 Å². The number of benzene rings is 1. The Hall–Kier alpha value is -2.94. The SMILES string of the molecule is CC1(F)c2onc(-c3c(Cl)cc(Cl)cc3Cl)c2C(=O)n2c3c4c(c21)CC/C(=C\C(=O)O)C4=C(F)CC3. The second kappa shape index (κ2) is 7.78. The summed E-state index contributed by atoms with van der Waals surface area (Å²) in [5.74, 6) is -2.60. The zero-order valence-corrected chi connectivity index (χ0v) is 20.8. The van der Waals surface area contributed by atoms with Crippen molar-refractivity contribution in [3.05, 3.63) is 78.5 Å². The lowest BCUT2D eigenvalue weighted by Gasteiger charge is -2.28. The van der Waals surface area contributed by atoms with Crippen molar-refractivity contribution in [2.45, 2.75) is 38.3 Å². The average molecular weight is 552 g/mol. The summed E-state index contributed by atoms with van der Waals surface area (Å²) in [5, 5.41) is 13.7. The Kier molecular flexibility index (Phi) is 5.07. The van der Waals surface area contributed by atoms with Crippen LogP contribution < -0.4 is 0 Å². The van der Waals surface area contributed by atoms with Gasteiger partial charge in [0.05, 0.1) is 15.7 Å². The molecule has 0 saturated carbocycles. The lowest BCUT2D eigenvalue weighted by Crippen LogP contribution is -2.34. The number of carboxylic acids is 1. The van der Waals surface area contributed by atoms with Gasteiger partial charge in [0.2, 0.25) is 5.67 Å². The summed E-state index contributed by atoms with van der Waals surface area (Å²) in [5.41, 5.74) is -0.554. The van der Waals surface area contributed by atoms with Gasteiger partial charge in [-0.15, -0.1) is 0 Å². The number of allylic oxidation sites excluding steroid dienone is 3. The van der Waals surface area contributed by atoms with Gasteiger partial charge in [0.25, 0.3) is 5.91 Å². The van der Waals surface area contributed by atoms with Crippen LogP contribution in [-0.4, -0.2) is 26.7 Å². The number of hydrogen-bond donors (Lipinski definition) is 1. The molecule has 0 saturated heterocycles. The number of alkyl halides is 1. The van der Waals surface area contributed by atoms with Crippen molar-refractivity contribution in [1.82, 2.24) is 9.72 Å². The van der Waals surface area contributed by atoms with Crippen LogP contribution in [0.3, 0.4) is 0 Å². The highest BCUT2D eigenvalue weighted by molar-refractivity contribution is 6.42. The van der Waals surface area contributed by atoms with Gasteiger partial charge >= 0.3 is 5.97 Å². The Morgan fingerprint density at radius 1 is 1.14 bits per heavy atom. The Labute approximate surface area is 217 Å². The maximum Gasteiger partial charge on any atom is 0.328 e. The van der Waals surface area contributed by atoms with Gasteiger partial charge in [0, 0.05) is 39.9 Å². The van der Waals surface area contributed by atoms with Crippen molar-refractivity contribution < 1.29 is 28.0 Å². The minimum atomic E-state index is -2.30. The number of carboxylic acid groups (broad SMARTS) is 1. The monoisotopic (exact) mass is 550 g/mol. The normalized spacial score (nSPS) is 21.5. The standard InChI is InChI=1S/C25H15Cl3F2N2O4/c1-25(30)22-11-3-2-9(6-16(33)34)17-14(29)4-5-15(18(11)17)32(22)24(35)20-21(31-36-23(20)25)19-12(27)7-10(26)8-13(19)28/h6-8H,2-5H2,1H3,(H,33,34)/b9-6+. The zero-order chi connectivity index (χ0) is 25.7. The lowest BCUT2D eigenvalue weighted by atomic mass is 9.78. The smallest absolute Gasteiger partial charge is 0.328 e. The van der Waals surface area contributed by atoms with Gasteiger partial charge in [0.15, 0.2) is 5.76 Å². The van der Waals surface area contributed by atoms with Crippen molar-refractivity contribution in [2.75, 3.05) is 0 Å². The van der Waals surface area contributed by atoms with Crippen molar-refractivity contribution in [3.63, 3.8) is 0 Å². The van der Waals surface area contributed by atoms with Crippen LogP contribution in [0.2, 0.25) is 15.1 Å². The molecule has 1 unspecified atom stereocenters. The summed E-state index contributed by atoms with van der Waals surface area (Å²) < 4.78 is 38.5. The van der Waals surface area contributed by atoms with Gasteiger partial charge < -0.3 is 9.63 Å². The number of rotatable bonds is 2. The number of fused-ring (bicyclic) bond motifs is 4. The first-order valence-electron chi connectivity index (χ1n) is 11.0. The molecule has 3 heterocycles. The van der Waals surface area contributed by atoms with E-state index in [-0.39, 0.29) is 74.6 Å². The van der Waals surface area contributed by atoms with Gasteiger partial charge in [-0.3, -0.25) is 9.36 Å². The quantitative estimate of drug-likeness (QED) is 0.349. The number of aliphatic carboxylic acids is 1. The maximum absolute atomic E-state index is 16.7. The van der Waals surface area contributed by atoms with Gasteiger partial charge in [-0.2, -0.15) is 0 Å². The molecule has 36 heavy (non-hydrogen) atoms. The molecule has 0 bridgehead atoms. The average Bonchev–Trinajstić information content (AvgIpc) is 3.36. The van der Waals surface area contributed by atoms with E-state index in [4.69, 9.17) is 39.3 Å². The van der Waals surface area contributed by atoms with E-state index in [2.05, 4.69) is 5.16 Å². The van der Waals surface area contributed by atoms with E-state index in [1.54, 1.807) is 0 Å². The molecule has 184 valence electrons. The first-order valence-corrected chi connectivity index (χ1v) is 12.1. The van der Waals surface area contributed by atoms with E-state index in [1.807, 2.05) is 0 Å². The lowest BCUT2D eigenvalue weighted by molar-refractivity contribution is -0.131. The molecule has 1 aliphatic heterocycles. The topological polar surface area (TPSA) is 85.3 Å². The van der Waals surface area contributed by atoms with Crippen molar-refractivity contribution >= 4 is 52.3 Å². The third-order valence-electron chi connectivity index (χ3n) is 6.96. The molecule has 6 rings (SSSR count). The highest BCUT2D eigenvalue weighted by Crippen LogP contribution is 2.54. The van der Waals surface area contributed by atoms with Crippen LogP contribution in [0.4, 0.5) is 8.78 Å². The molecule has 2 aromatic heterocycles. The zero-order valence-electron chi connectivity index (χ0n) is 18.5. The van der Waals surface area contributed by atoms with Crippen molar-refractivity contribution in [3.8, 4) is 11.3 Å². The number of aromatic nitrogens is 2. The summed E-state index contributed by atoms with van der Waals surface area (Å²) in [6.45, 7) is 1.26. The summed E-state index contributed by atoms with van der Waals surface area (Å²) in [6.07, 6.45) is 1.48. The highest BCUT2D eigenvalue weighted by Gasteiger charge is 2.52. The minimum absolute atomic E-state index is 0.0284. The molecule has 1 N–H and O–H groups in total. The summed E-state index contributed by atoms with van der Waals surface area (Å²) in [6, 6.07) is 2.85. The molecule has 11 heteroatoms. The van der Waals surface area contributed by atoms with Crippen LogP contribution in [-0.2, 0) is 23.3 Å². The van der Waals surface area contributed by atoms with E-state index in [0.717, 1.165) is 6.08 Å². The van der Waals surface area contributed by atoms with Gasteiger partial charge in [0.1, 0.15) is 17.1 Å². The largest absolute Gasteiger partial charge is 0.478 e. The fraction of sp³-hybridized carbons (Fsp3) is 0.240. The number of hydrogen-bond acceptors (Lipinski definition) is 4. The van der Waals surface area contributed by atoms with E-state index >= 15 is 8.78 Å². The van der Waals surface area contributed by atoms with E-state index in [1.165, 1.54) is 23.6 Å². The Bertz CT molecular complexity index is 1590. The minimum Gasteiger partial charge on any atom is -0.478 e. The molecule has 0 radical (unpaired) electrons. The Balaban J connectivity index is 1.63. The molecule has 6 nitrogen and oxygen atoms in total. The molecule has 0 fully saturated rings. The van der Waals surface area contributed by atoms with Crippen LogP contribution in [0.15, 0.2) is 34.1 Å². The van der Waals surface area contributed by atoms with Crippen LogP contribution in [0, 0.1) is 0 Å². The van der Waals surface area contributed by atoms with Crippen LogP contribution in [0.25, 0.3) is 16.8 Å². The molecule has 0 spiro atoms. The first-order chi connectivity index (χ1) is 17.0. The Morgan fingerprint density at radius 3 is 2.50 bits per heavy atom. The molecule has 3 aliphatic rings. The third kappa shape index (κ3) is 3.04. The molecule has 1 aromatic carbocycles. The number of carbonyl (C=O) groups is 2. The predicted octanol–water partition coefficient (Wildman–Crippen LogP) is 6.92. The Morgan fingerprint density at radius 2 is 1.83 bits per heavy atom. The molecule has 0 amide bonds. The van der Waals surface area contributed by atoms with Gasteiger partial charge in [-0.25, -0.2) is 13.6 Å². The van der Waals surface area contributed by atoms with Crippen molar-refractivity contribution in [1.29, 1.82) is 0 Å². The van der Waals surface area contributed by atoms with Gasteiger partial charge in [-0.1, -0.05) is 40.0 Å². The molecular formula is C25H15Cl3F2N2O4. The second-order valence-electron chi connectivity index (χ2n) is 9.06. The maximum atomic E-state index is 16.7. The van der Waals surface area contributed by atoms with E-state index in [9.17, 15) is 14.7 Å². The number of nitrogens with zero attached hydrogens (tertiary/aromatic N) is 2. The van der Waals surface area contributed by atoms with Gasteiger partial charge in [-0.05, 0) is 49.5 Å². The molecule has 1 atom stereocenters. The van der Waals surface area contributed by atoms with Crippen LogP contribution >= 0.6 is 34.8 Å². The molecular weight excluding hydrogens is 537 g/mol. The van der Waals surface area contributed by atoms with Crippen LogP contribution in [0.1, 0.15) is 58.4 Å². The highest BCUT2D eigenvalue weighted by atomic mass is 35.5.